The van der Waals surface area contributed by atoms with Crippen LogP contribution in [0, 0.1) is 5.92 Å². The normalized spacial score (nSPS) is 20.9. The second-order valence-electron chi connectivity index (χ2n) is 5.88. The molecule has 1 fully saturated rings. The van der Waals surface area contributed by atoms with Crippen molar-refractivity contribution >= 4 is 16.8 Å². The summed E-state index contributed by atoms with van der Waals surface area (Å²) in [4.78, 5) is 33.2. The zero-order valence-electron chi connectivity index (χ0n) is 12.6. The predicted octanol–water partition coefficient (Wildman–Crippen LogP) is 1.18. The van der Waals surface area contributed by atoms with E-state index in [9.17, 15) is 9.59 Å². The molecule has 6 nitrogen and oxygen atoms in total. The minimum absolute atomic E-state index is 0.0561. The maximum atomic E-state index is 12.2. The number of nitrogens with two attached hydrogens (primary N) is 1. The van der Waals surface area contributed by atoms with Gasteiger partial charge in [-0.15, -0.1) is 0 Å². The Labute approximate surface area is 128 Å². The van der Waals surface area contributed by atoms with E-state index in [2.05, 4.69) is 14.9 Å². The molecule has 2 heterocycles. The lowest BCUT2D eigenvalue weighted by molar-refractivity contribution is -0.123. The number of nitrogens with one attached hydrogen (secondary N) is 1. The van der Waals surface area contributed by atoms with E-state index in [0.717, 1.165) is 19.4 Å². The third-order valence-electron chi connectivity index (χ3n) is 4.43. The summed E-state index contributed by atoms with van der Waals surface area (Å²) in [6.45, 7) is 3.49. The fourth-order valence-electron chi connectivity index (χ4n) is 3.07. The summed E-state index contributed by atoms with van der Waals surface area (Å²) in [5.74, 6) is 0.258. The van der Waals surface area contributed by atoms with Gasteiger partial charge in [0.1, 0.15) is 5.82 Å². The van der Waals surface area contributed by atoms with Crippen LogP contribution in [0.25, 0.3) is 10.9 Å². The standard InChI is InChI=1S/C16H20N4O2/c1-10(20-8-4-5-11(9-20)14(17)21)15-18-13-7-3-2-6-12(13)16(22)19-15/h2-3,6-7,10-11H,4-5,8-9H2,1H3,(H2,17,21)(H,18,19,22)/t10-,11-/m0/s1. The SMILES string of the molecule is C[C@@H](c1nc2ccccc2c(=O)[nH]1)N1CCC[C@H](C(N)=O)C1. The highest BCUT2D eigenvalue weighted by molar-refractivity contribution is 5.77. The number of amides is 1. The molecule has 0 spiro atoms. The molecule has 1 aromatic heterocycles. The third-order valence-corrected chi connectivity index (χ3v) is 4.43. The van der Waals surface area contributed by atoms with Gasteiger partial charge in [0.05, 0.1) is 22.9 Å². The molecule has 0 bridgehead atoms. The van der Waals surface area contributed by atoms with Crippen LogP contribution in [0.4, 0.5) is 0 Å². The van der Waals surface area contributed by atoms with Crippen molar-refractivity contribution in [1.82, 2.24) is 14.9 Å². The average Bonchev–Trinajstić information content (AvgIpc) is 2.54. The monoisotopic (exact) mass is 300 g/mol. The lowest BCUT2D eigenvalue weighted by Gasteiger charge is -2.35. The number of carbonyl (C=O) groups excluding carboxylic acids is 1. The van der Waals surface area contributed by atoms with Gasteiger partial charge in [-0.25, -0.2) is 4.98 Å². The molecule has 0 unspecified atom stereocenters. The van der Waals surface area contributed by atoms with E-state index in [-0.39, 0.29) is 23.4 Å². The molecule has 1 amide bonds. The van der Waals surface area contributed by atoms with Crippen LogP contribution < -0.4 is 11.3 Å². The number of aromatic nitrogens is 2. The number of aromatic amines is 1. The first-order chi connectivity index (χ1) is 10.6. The summed E-state index contributed by atoms with van der Waals surface area (Å²) < 4.78 is 0. The Bertz CT molecular complexity index is 755. The number of rotatable bonds is 3. The summed E-state index contributed by atoms with van der Waals surface area (Å²) in [5, 5.41) is 0.590. The molecule has 3 N–H and O–H groups in total. The maximum Gasteiger partial charge on any atom is 0.258 e. The van der Waals surface area contributed by atoms with Crippen molar-refractivity contribution < 1.29 is 4.79 Å². The Morgan fingerprint density at radius 3 is 3.00 bits per heavy atom. The molecule has 1 aliphatic heterocycles. The van der Waals surface area contributed by atoms with E-state index in [0.29, 0.717) is 23.3 Å². The lowest BCUT2D eigenvalue weighted by atomic mass is 9.96. The summed E-state index contributed by atoms with van der Waals surface area (Å²) in [7, 11) is 0. The zero-order chi connectivity index (χ0) is 15.7. The highest BCUT2D eigenvalue weighted by Gasteiger charge is 2.28. The van der Waals surface area contributed by atoms with E-state index >= 15 is 0 Å². The van der Waals surface area contributed by atoms with Crippen molar-refractivity contribution in [3.8, 4) is 0 Å². The van der Waals surface area contributed by atoms with E-state index in [1.165, 1.54) is 0 Å². The van der Waals surface area contributed by atoms with Crippen molar-refractivity contribution in [1.29, 1.82) is 0 Å². The minimum atomic E-state index is -0.253. The van der Waals surface area contributed by atoms with Gasteiger partial charge in [0.15, 0.2) is 0 Å². The molecule has 1 aromatic carbocycles. The van der Waals surface area contributed by atoms with Crippen LogP contribution in [0.1, 0.15) is 31.6 Å². The number of fused-ring (bicyclic) bond motifs is 1. The molecule has 0 radical (unpaired) electrons. The largest absolute Gasteiger partial charge is 0.369 e. The van der Waals surface area contributed by atoms with E-state index < -0.39 is 0 Å². The van der Waals surface area contributed by atoms with Crippen LogP contribution in [0.3, 0.4) is 0 Å². The molecule has 1 saturated heterocycles. The maximum absolute atomic E-state index is 12.2. The number of hydrogen-bond donors (Lipinski definition) is 2. The lowest BCUT2D eigenvalue weighted by Crippen LogP contribution is -2.42. The van der Waals surface area contributed by atoms with Gasteiger partial charge >= 0.3 is 0 Å². The fraction of sp³-hybridized carbons (Fsp3) is 0.438. The Balaban J connectivity index is 1.90. The van der Waals surface area contributed by atoms with E-state index in [4.69, 9.17) is 5.73 Å². The molecule has 0 aliphatic carbocycles. The van der Waals surface area contributed by atoms with Crippen molar-refractivity contribution in [2.24, 2.45) is 11.7 Å². The molecule has 22 heavy (non-hydrogen) atoms. The molecular formula is C16H20N4O2. The van der Waals surface area contributed by atoms with Crippen LogP contribution in [-0.2, 0) is 4.79 Å². The predicted molar refractivity (Wildman–Crippen MR) is 84.3 cm³/mol. The number of para-hydroxylation sites is 1. The highest BCUT2D eigenvalue weighted by atomic mass is 16.1. The third kappa shape index (κ3) is 2.74. The average molecular weight is 300 g/mol. The van der Waals surface area contributed by atoms with E-state index in [1.54, 1.807) is 6.07 Å². The Hall–Kier alpha value is -2.21. The number of hydrogen-bond acceptors (Lipinski definition) is 4. The molecule has 2 aromatic rings. The number of carbonyl (C=O) groups is 1. The summed E-state index contributed by atoms with van der Waals surface area (Å²) >= 11 is 0. The van der Waals surface area contributed by atoms with Crippen molar-refractivity contribution in [3.05, 3.63) is 40.4 Å². The second-order valence-corrected chi connectivity index (χ2v) is 5.88. The summed E-state index contributed by atoms with van der Waals surface area (Å²) in [6.07, 6.45) is 1.76. The molecule has 116 valence electrons. The smallest absolute Gasteiger partial charge is 0.258 e. The van der Waals surface area contributed by atoms with Gasteiger partial charge in [0, 0.05) is 6.54 Å². The van der Waals surface area contributed by atoms with E-state index in [1.807, 2.05) is 25.1 Å². The molecule has 3 rings (SSSR count). The number of H-pyrrole nitrogens is 1. The molecule has 1 aliphatic rings. The number of piperidine rings is 1. The van der Waals surface area contributed by atoms with Crippen molar-refractivity contribution in [2.45, 2.75) is 25.8 Å². The van der Waals surface area contributed by atoms with Gasteiger partial charge in [-0.05, 0) is 38.4 Å². The van der Waals surface area contributed by atoms with Gasteiger partial charge in [-0.3, -0.25) is 14.5 Å². The van der Waals surface area contributed by atoms with Crippen LogP contribution >= 0.6 is 0 Å². The number of primary amides is 1. The number of nitrogens with zero attached hydrogens (tertiary/aromatic N) is 2. The minimum Gasteiger partial charge on any atom is -0.369 e. The molecule has 6 heteroatoms. The highest BCUT2D eigenvalue weighted by Crippen LogP contribution is 2.24. The molecule has 2 atom stereocenters. The first kappa shape index (κ1) is 14.7. The van der Waals surface area contributed by atoms with Crippen LogP contribution in [0.2, 0.25) is 0 Å². The zero-order valence-corrected chi connectivity index (χ0v) is 12.6. The topological polar surface area (TPSA) is 92.1 Å². The van der Waals surface area contributed by atoms with Gasteiger partial charge in [-0.2, -0.15) is 0 Å². The van der Waals surface area contributed by atoms with Gasteiger partial charge in [-0.1, -0.05) is 12.1 Å². The Kier molecular flexibility index (Phi) is 3.94. The van der Waals surface area contributed by atoms with Crippen molar-refractivity contribution in [3.63, 3.8) is 0 Å². The Morgan fingerprint density at radius 2 is 2.23 bits per heavy atom. The molecule has 0 saturated carbocycles. The van der Waals surface area contributed by atoms with Gasteiger partial charge < -0.3 is 10.7 Å². The molecular weight excluding hydrogens is 280 g/mol. The Morgan fingerprint density at radius 1 is 1.45 bits per heavy atom. The second kappa shape index (κ2) is 5.88. The fourth-order valence-corrected chi connectivity index (χ4v) is 3.07. The summed E-state index contributed by atoms with van der Waals surface area (Å²) in [6, 6.07) is 7.24. The summed E-state index contributed by atoms with van der Waals surface area (Å²) in [5.41, 5.74) is 5.99. The van der Waals surface area contributed by atoms with Gasteiger partial charge in [0.2, 0.25) is 5.91 Å². The quantitative estimate of drug-likeness (QED) is 0.890. The first-order valence-electron chi connectivity index (χ1n) is 7.58. The van der Waals surface area contributed by atoms with Gasteiger partial charge in [0.25, 0.3) is 5.56 Å². The van der Waals surface area contributed by atoms with Crippen molar-refractivity contribution in [2.75, 3.05) is 13.1 Å². The number of likely N-dealkylation sites (tertiary alicyclic amines) is 1. The number of benzene rings is 1. The first-order valence-corrected chi connectivity index (χ1v) is 7.58. The van der Waals surface area contributed by atoms with Crippen LogP contribution in [-0.4, -0.2) is 33.9 Å². The van der Waals surface area contributed by atoms with Crippen LogP contribution in [0.15, 0.2) is 29.1 Å². The van der Waals surface area contributed by atoms with Crippen LogP contribution in [0.5, 0.6) is 0 Å².